The Morgan fingerprint density at radius 1 is 1.48 bits per heavy atom. The smallest absolute Gasteiger partial charge is 0.340 e. The van der Waals surface area contributed by atoms with Gasteiger partial charge < -0.3 is 10.5 Å². The number of ether oxygens (including phenoxy) is 1. The number of nitrogen functional groups attached to an aromatic ring is 1. The number of carbonyl (C=O) groups excluding carboxylic acids is 1. The van der Waals surface area contributed by atoms with Crippen LogP contribution in [0.2, 0.25) is 0 Å². The summed E-state index contributed by atoms with van der Waals surface area (Å²) in [7, 11) is 1.29. The molecule has 0 radical (unpaired) electrons. The molecule has 1 heterocycles. The summed E-state index contributed by atoms with van der Waals surface area (Å²) < 4.78 is 6.57. The summed E-state index contributed by atoms with van der Waals surface area (Å²) in [6.45, 7) is 1.91. The molecule has 0 atom stereocenters. The zero-order valence-electron chi connectivity index (χ0n) is 11.6. The Bertz CT molecular complexity index is 756. The van der Waals surface area contributed by atoms with E-state index in [1.807, 2.05) is 0 Å². The van der Waals surface area contributed by atoms with Crippen molar-refractivity contribution in [1.29, 1.82) is 0 Å². The van der Waals surface area contributed by atoms with Gasteiger partial charge in [-0.2, -0.15) is 0 Å². The first-order valence-corrected chi connectivity index (χ1v) is 6.92. The number of benzene rings is 1. The van der Waals surface area contributed by atoms with Crippen molar-refractivity contribution in [3.8, 4) is 0 Å². The van der Waals surface area contributed by atoms with Crippen LogP contribution in [0.5, 0.6) is 0 Å². The second-order valence-corrected chi connectivity index (χ2v) is 5.27. The monoisotopic (exact) mass is 351 g/mol. The molecule has 0 aliphatic carbocycles. The summed E-state index contributed by atoms with van der Waals surface area (Å²) in [6, 6.07) is 5.07. The molecule has 2 aromatic rings. The zero-order valence-corrected chi connectivity index (χ0v) is 13.2. The van der Waals surface area contributed by atoms with E-state index in [2.05, 4.69) is 20.9 Å². The number of esters is 1. The van der Waals surface area contributed by atoms with Gasteiger partial charge in [-0.05, 0) is 34.5 Å². The third-order valence-electron chi connectivity index (χ3n) is 3.11. The maximum Gasteiger partial charge on any atom is 0.340 e. The van der Waals surface area contributed by atoms with Gasteiger partial charge in [-0.1, -0.05) is 12.1 Å². The van der Waals surface area contributed by atoms with Crippen molar-refractivity contribution in [3.05, 3.63) is 56.2 Å². The maximum absolute atomic E-state index is 12.2. The number of aromatic nitrogens is 2. The number of hydrogen-bond acceptors (Lipinski definition) is 5. The number of carbonyl (C=O) groups is 1. The first kappa shape index (κ1) is 15.2. The summed E-state index contributed by atoms with van der Waals surface area (Å²) in [5.41, 5.74) is 6.81. The first-order valence-electron chi connectivity index (χ1n) is 6.13. The van der Waals surface area contributed by atoms with Gasteiger partial charge in [-0.25, -0.2) is 9.78 Å². The van der Waals surface area contributed by atoms with Crippen molar-refractivity contribution in [2.24, 2.45) is 0 Å². The number of aryl methyl sites for hydroxylation is 1. The molecule has 2 N–H and O–H groups in total. The second kappa shape index (κ2) is 6.09. The fourth-order valence-electron chi connectivity index (χ4n) is 2.01. The molecule has 0 bridgehead atoms. The van der Waals surface area contributed by atoms with Crippen LogP contribution in [0.15, 0.2) is 33.7 Å². The van der Waals surface area contributed by atoms with E-state index >= 15 is 0 Å². The lowest BCUT2D eigenvalue weighted by atomic mass is 10.1. The molecule has 110 valence electrons. The molecule has 1 aromatic heterocycles. The summed E-state index contributed by atoms with van der Waals surface area (Å²) in [5, 5.41) is 0. The molecular weight excluding hydrogens is 338 g/mol. The van der Waals surface area contributed by atoms with Crippen molar-refractivity contribution in [2.45, 2.75) is 13.5 Å². The highest BCUT2D eigenvalue weighted by Crippen LogP contribution is 2.19. The Kier molecular flexibility index (Phi) is 4.42. The van der Waals surface area contributed by atoms with Crippen LogP contribution in [-0.4, -0.2) is 22.6 Å². The minimum atomic E-state index is -0.531. The van der Waals surface area contributed by atoms with Crippen LogP contribution in [0.4, 0.5) is 5.69 Å². The third-order valence-corrected chi connectivity index (χ3v) is 3.65. The van der Waals surface area contributed by atoms with Crippen molar-refractivity contribution >= 4 is 27.6 Å². The van der Waals surface area contributed by atoms with Gasteiger partial charge in [0.05, 0.1) is 19.2 Å². The van der Waals surface area contributed by atoms with Crippen LogP contribution in [0.3, 0.4) is 0 Å². The quantitative estimate of drug-likeness (QED) is 0.672. The molecule has 21 heavy (non-hydrogen) atoms. The Morgan fingerprint density at radius 2 is 2.19 bits per heavy atom. The maximum atomic E-state index is 12.2. The molecule has 0 fully saturated rings. The molecule has 0 amide bonds. The van der Waals surface area contributed by atoms with Crippen molar-refractivity contribution in [3.63, 3.8) is 0 Å². The van der Waals surface area contributed by atoms with E-state index in [1.165, 1.54) is 17.9 Å². The lowest BCUT2D eigenvalue weighted by Crippen LogP contribution is -2.25. The fraction of sp³-hybridized carbons (Fsp3) is 0.214. The predicted octanol–water partition coefficient (Wildman–Crippen LogP) is 1.73. The van der Waals surface area contributed by atoms with E-state index in [0.717, 1.165) is 0 Å². The molecule has 0 saturated heterocycles. The number of nitrogens with zero attached hydrogens (tertiary/aromatic N) is 2. The minimum absolute atomic E-state index is 0.187. The molecule has 0 aliphatic heterocycles. The topological polar surface area (TPSA) is 87.2 Å². The van der Waals surface area contributed by atoms with E-state index in [4.69, 9.17) is 10.5 Å². The van der Waals surface area contributed by atoms with Gasteiger partial charge in [0.15, 0.2) is 0 Å². The van der Waals surface area contributed by atoms with Gasteiger partial charge in [0.2, 0.25) is 0 Å². The summed E-state index contributed by atoms with van der Waals surface area (Å²) in [6.07, 6.45) is 1.45. The highest BCUT2D eigenvalue weighted by atomic mass is 79.9. The normalized spacial score (nSPS) is 10.4. The van der Waals surface area contributed by atoms with Gasteiger partial charge in [-0.15, -0.1) is 0 Å². The zero-order chi connectivity index (χ0) is 15.6. The van der Waals surface area contributed by atoms with Gasteiger partial charge in [-0.3, -0.25) is 9.36 Å². The van der Waals surface area contributed by atoms with Gasteiger partial charge >= 0.3 is 5.97 Å². The molecule has 0 spiro atoms. The average molecular weight is 352 g/mol. The molecule has 6 nitrogen and oxygen atoms in total. The number of hydrogen-bond donors (Lipinski definition) is 1. The molecule has 2 rings (SSSR count). The Morgan fingerprint density at radius 3 is 2.86 bits per heavy atom. The number of halogens is 1. The van der Waals surface area contributed by atoms with Gasteiger partial charge in [0, 0.05) is 11.9 Å². The lowest BCUT2D eigenvalue weighted by molar-refractivity contribution is 0.0600. The van der Waals surface area contributed by atoms with E-state index in [-0.39, 0.29) is 17.7 Å². The number of rotatable bonds is 3. The predicted molar refractivity (Wildman–Crippen MR) is 82.2 cm³/mol. The van der Waals surface area contributed by atoms with Gasteiger partial charge in [0.1, 0.15) is 10.3 Å². The third kappa shape index (κ3) is 2.97. The largest absolute Gasteiger partial charge is 0.465 e. The van der Waals surface area contributed by atoms with Crippen LogP contribution in [0.25, 0.3) is 0 Å². The highest BCUT2D eigenvalue weighted by molar-refractivity contribution is 9.10. The van der Waals surface area contributed by atoms with Crippen molar-refractivity contribution in [1.82, 2.24) is 9.55 Å². The van der Waals surface area contributed by atoms with Crippen LogP contribution >= 0.6 is 15.9 Å². The first-order chi connectivity index (χ1) is 9.95. The summed E-state index contributed by atoms with van der Waals surface area (Å²) in [5.74, 6) is 0.0122. The Hall–Kier alpha value is -2.15. The molecule has 7 heteroatoms. The van der Waals surface area contributed by atoms with E-state index in [0.29, 0.717) is 21.5 Å². The fourth-order valence-corrected chi connectivity index (χ4v) is 2.33. The van der Waals surface area contributed by atoms with E-state index in [1.54, 1.807) is 25.1 Å². The van der Waals surface area contributed by atoms with Gasteiger partial charge in [0.25, 0.3) is 5.56 Å². The van der Waals surface area contributed by atoms with Crippen LogP contribution in [-0.2, 0) is 11.3 Å². The molecule has 0 aliphatic rings. The summed E-state index contributed by atoms with van der Waals surface area (Å²) >= 11 is 3.16. The van der Waals surface area contributed by atoms with Crippen molar-refractivity contribution in [2.75, 3.05) is 12.8 Å². The Labute approximate surface area is 129 Å². The molecular formula is C14H14BrN3O3. The van der Waals surface area contributed by atoms with Crippen LogP contribution < -0.4 is 11.3 Å². The molecule has 0 saturated carbocycles. The van der Waals surface area contributed by atoms with E-state index in [9.17, 15) is 9.59 Å². The molecule has 0 unspecified atom stereocenters. The average Bonchev–Trinajstić information content (AvgIpc) is 2.47. The lowest BCUT2D eigenvalue weighted by Gasteiger charge is -2.13. The van der Waals surface area contributed by atoms with Crippen molar-refractivity contribution < 1.29 is 9.53 Å². The SMILES string of the molecule is COC(=O)c1c(N)cccc1Cn1c(C)ncc(Br)c1=O. The molecule has 1 aromatic carbocycles. The van der Waals surface area contributed by atoms with Crippen LogP contribution in [0, 0.1) is 6.92 Å². The second-order valence-electron chi connectivity index (χ2n) is 4.42. The number of anilines is 1. The highest BCUT2D eigenvalue weighted by Gasteiger charge is 2.17. The summed E-state index contributed by atoms with van der Waals surface area (Å²) in [4.78, 5) is 28.1. The minimum Gasteiger partial charge on any atom is -0.465 e. The number of nitrogens with two attached hydrogens (primary N) is 1. The number of methoxy groups -OCH3 is 1. The van der Waals surface area contributed by atoms with E-state index < -0.39 is 5.97 Å². The standard InChI is InChI=1S/C14H14BrN3O3/c1-8-17-6-10(15)13(19)18(8)7-9-4-3-5-11(16)12(9)14(20)21-2/h3-6H,7,16H2,1-2H3. The Balaban J connectivity index is 2.56. The van der Waals surface area contributed by atoms with Crippen LogP contribution in [0.1, 0.15) is 21.7 Å².